The minimum Gasteiger partial charge on any atom is -0.481 e. The monoisotopic (exact) mass is 319 g/mol. The van der Waals surface area contributed by atoms with E-state index in [9.17, 15) is 18.4 Å². The largest absolute Gasteiger partial charge is 0.481 e. The van der Waals surface area contributed by atoms with Crippen molar-refractivity contribution in [2.75, 3.05) is 11.4 Å². The molecule has 0 spiro atoms. The lowest BCUT2D eigenvalue weighted by Crippen LogP contribution is -2.26. The number of hydrogen-bond donors (Lipinski definition) is 1. The maximum Gasteiger partial charge on any atom is 0.308 e. The molecule has 1 N–H and O–H groups in total. The summed E-state index contributed by atoms with van der Waals surface area (Å²) in [5, 5.41) is 8.84. The third kappa shape index (κ3) is 2.10. The Hall–Kier alpha value is -1.50. The zero-order valence-electron chi connectivity index (χ0n) is 8.99. The molecular formula is C11H8BrF2NO3. The number of aliphatic carboxylic acids is 1. The highest BCUT2D eigenvalue weighted by atomic mass is 79.9. The molecule has 0 saturated carbocycles. The van der Waals surface area contributed by atoms with Crippen LogP contribution in [0.15, 0.2) is 16.6 Å². The normalized spacial score (nSPS) is 19.4. The molecule has 0 aliphatic carbocycles. The van der Waals surface area contributed by atoms with Crippen molar-refractivity contribution < 1.29 is 23.5 Å². The summed E-state index contributed by atoms with van der Waals surface area (Å²) in [7, 11) is 0. The van der Waals surface area contributed by atoms with E-state index in [1.54, 1.807) is 0 Å². The van der Waals surface area contributed by atoms with E-state index in [1.165, 1.54) is 6.07 Å². The zero-order valence-corrected chi connectivity index (χ0v) is 10.6. The van der Waals surface area contributed by atoms with E-state index in [1.807, 2.05) is 0 Å². The fourth-order valence-corrected chi connectivity index (χ4v) is 2.37. The summed E-state index contributed by atoms with van der Waals surface area (Å²) < 4.78 is 26.1. The van der Waals surface area contributed by atoms with Crippen molar-refractivity contribution in [1.82, 2.24) is 0 Å². The second-order valence-corrected chi connectivity index (χ2v) is 4.73. The molecule has 1 atom stereocenters. The van der Waals surface area contributed by atoms with Crippen LogP contribution in [-0.2, 0) is 9.59 Å². The Morgan fingerprint density at radius 1 is 1.44 bits per heavy atom. The number of carboxylic acid groups (broad SMARTS) is 1. The first-order valence-electron chi connectivity index (χ1n) is 5.08. The van der Waals surface area contributed by atoms with E-state index >= 15 is 0 Å². The molecule has 96 valence electrons. The van der Waals surface area contributed by atoms with Gasteiger partial charge in [0.05, 0.1) is 16.1 Å². The van der Waals surface area contributed by atoms with E-state index < -0.39 is 29.4 Å². The molecule has 1 aromatic carbocycles. The molecule has 1 unspecified atom stereocenters. The fourth-order valence-electron chi connectivity index (χ4n) is 1.83. The number of carboxylic acids is 1. The summed E-state index contributed by atoms with van der Waals surface area (Å²) >= 11 is 2.87. The molecule has 1 aliphatic rings. The van der Waals surface area contributed by atoms with Gasteiger partial charge in [0, 0.05) is 13.0 Å². The van der Waals surface area contributed by atoms with Crippen LogP contribution in [0.1, 0.15) is 6.42 Å². The first-order chi connectivity index (χ1) is 8.41. The van der Waals surface area contributed by atoms with Gasteiger partial charge in [-0.3, -0.25) is 9.59 Å². The summed E-state index contributed by atoms with van der Waals surface area (Å²) in [6, 6.07) is 2.14. The van der Waals surface area contributed by atoms with Crippen LogP contribution in [0.5, 0.6) is 0 Å². The fraction of sp³-hybridized carbons (Fsp3) is 0.273. The van der Waals surface area contributed by atoms with E-state index in [-0.39, 0.29) is 23.1 Å². The van der Waals surface area contributed by atoms with Gasteiger partial charge in [0.25, 0.3) is 0 Å². The lowest BCUT2D eigenvalue weighted by atomic mass is 10.1. The van der Waals surface area contributed by atoms with Crippen molar-refractivity contribution in [3.63, 3.8) is 0 Å². The molecular weight excluding hydrogens is 312 g/mol. The first-order valence-corrected chi connectivity index (χ1v) is 5.87. The van der Waals surface area contributed by atoms with E-state index in [0.717, 1.165) is 11.0 Å². The highest BCUT2D eigenvalue weighted by molar-refractivity contribution is 9.10. The number of carbonyl (C=O) groups excluding carboxylic acids is 1. The molecule has 1 aromatic rings. The van der Waals surface area contributed by atoms with Gasteiger partial charge in [-0.05, 0) is 28.1 Å². The molecule has 1 aliphatic heterocycles. The molecule has 1 amide bonds. The van der Waals surface area contributed by atoms with Crippen molar-refractivity contribution >= 4 is 33.5 Å². The molecule has 4 nitrogen and oxygen atoms in total. The molecule has 18 heavy (non-hydrogen) atoms. The van der Waals surface area contributed by atoms with Crippen LogP contribution in [0.25, 0.3) is 0 Å². The number of carbonyl (C=O) groups is 2. The highest BCUT2D eigenvalue weighted by Crippen LogP contribution is 2.34. The third-order valence-corrected chi connectivity index (χ3v) is 3.53. The Bertz CT molecular complexity index is 535. The van der Waals surface area contributed by atoms with E-state index in [4.69, 9.17) is 5.11 Å². The average molecular weight is 320 g/mol. The minimum absolute atomic E-state index is 0.0438. The Morgan fingerprint density at radius 3 is 2.67 bits per heavy atom. The standard InChI is InChI=1S/C11H8BrF2NO3/c12-9-7(2-1-6(13)10(9)14)15-4-5(11(17)18)3-8(15)16/h1-2,5H,3-4H2,(H,17,18). The topological polar surface area (TPSA) is 57.6 Å². The number of nitrogens with zero attached hydrogens (tertiary/aromatic N) is 1. The lowest BCUT2D eigenvalue weighted by molar-refractivity contribution is -0.141. The van der Waals surface area contributed by atoms with Crippen LogP contribution in [0.2, 0.25) is 0 Å². The molecule has 7 heteroatoms. The highest BCUT2D eigenvalue weighted by Gasteiger charge is 2.36. The van der Waals surface area contributed by atoms with Gasteiger partial charge in [0.1, 0.15) is 0 Å². The van der Waals surface area contributed by atoms with Crippen LogP contribution in [-0.4, -0.2) is 23.5 Å². The Morgan fingerprint density at radius 2 is 2.11 bits per heavy atom. The lowest BCUT2D eigenvalue weighted by Gasteiger charge is -2.18. The Balaban J connectivity index is 2.36. The predicted octanol–water partition coefficient (Wildman–Crippen LogP) is 2.16. The number of amides is 1. The number of halogens is 3. The molecule has 0 bridgehead atoms. The van der Waals surface area contributed by atoms with Gasteiger partial charge in [-0.1, -0.05) is 0 Å². The van der Waals surface area contributed by atoms with Crippen molar-refractivity contribution in [3.8, 4) is 0 Å². The summed E-state index contributed by atoms with van der Waals surface area (Å²) in [5.74, 6) is -4.46. The van der Waals surface area contributed by atoms with Gasteiger partial charge >= 0.3 is 5.97 Å². The van der Waals surface area contributed by atoms with Crippen molar-refractivity contribution in [1.29, 1.82) is 0 Å². The number of rotatable bonds is 2. The first kappa shape index (κ1) is 12.9. The van der Waals surface area contributed by atoms with Crippen molar-refractivity contribution in [3.05, 3.63) is 28.2 Å². The smallest absolute Gasteiger partial charge is 0.308 e. The second kappa shape index (κ2) is 4.64. The summed E-state index contributed by atoms with van der Waals surface area (Å²) in [5.41, 5.74) is 0.141. The molecule has 1 fully saturated rings. The van der Waals surface area contributed by atoms with Gasteiger partial charge in [-0.15, -0.1) is 0 Å². The molecule has 1 heterocycles. The number of anilines is 1. The van der Waals surface area contributed by atoms with Gasteiger partial charge < -0.3 is 10.0 Å². The summed E-state index contributed by atoms with van der Waals surface area (Å²) in [4.78, 5) is 23.6. The number of benzene rings is 1. The third-order valence-electron chi connectivity index (χ3n) is 2.78. The van der Waals surface area contributed by atoms with Crippen LogP contribution in [0, 0.1) is 17.6 Å². The molecule has 0 radical (unpaired) electrons. The quantitative estimate of drug-likeness (QED) is 0.850. The molecule has 0 aromatic heterocycles. The maximum atomic E-state index is 13.4. The number of hydrogen-bond acceptors (Lipinski definition) is 2. The molecule has 2 rings (SSSR count). The van der Waals surface area contributed by atoms with E-state index in [2.05, 4.69) is 15.9 Å². The van der Waals surface area contributed by atoms with Crippen LogP contribution in [0.4, 0.5) is 14.5 Å². The van der Waals surface area contributed by atoms with Crippen molar-refractivity contribution in [2.24, 2.45) is 5.92 Å². The van der Waals surface area contributed by atoms with Crippen LogP contribution < -0.4 is 4.90 Å². The van der Waals surface area contributed by atoms with Crippen LogP contribution >= 0.6 is 15.9 Å². The van der Waals surface area contributed by atoms with Gasteiger partial charge in [-0.2, -0.15) is 0 Å². The van der Waals surface area contributed by atoms with Crippen LogP contribution in [0.3, 0.4) is 0 Å². The average Bonchev–Trinajstić information content (AvgIpc) is 2.69. The van der Waals surface area contributed by atoms with Gasteiger partial charge in [0.15, 0.2) is 11.6 Å². The predicted molar refractivity (Wildman–Crippen MR) is 62.2 cm³/mol. The Labute approximate surface area is 109 Å². The van der Waals surface area contributed by atoms with Gasteiger partial charge in [0.2, 0.25) is 5.91 Å². The minimum atomic E-state index is -1.10. The van der Waals surface area contributed by atoms with Crippen molar-refractivity contribution in [2.45, 2.75) is 6.42 Å². The SMILES string of the molecule is O=C(O)C1CC(=O)N(c2ccc(F)c(F)c2Br)C1. The Kier molecular flexibility index (Phi) is 3.34. The maximum absolute atomic E-state index is 13.4. The molecule has 1 saturated heterocycles. The van der Waals surface area contributed by atoms with Gasteiger partial charge in [-0.25, -0.2) is 8.78 Å². The summed E-state index contributed by atoms with van der Waals surface area (Å²) in [6.45, 7) is -0.0438. The zero-order chi connectivity index (χ0) is 13.4. The van der Waals surface area contributed by atoms with E-state index in [0.29, 0.717) is 0 Å². The summed E-state index contributed by atoms with van der Waals surface area (Å²) in [6.07, 6.45) is -0.138. The second-order valence-electron chi connectivity index (χ2n) is 3.94.